The molecular weight excluding hydrogens is 264 g/mol. The maximum atomic E-state index is 4.56. The van der Waals surface area contributed by atoms with Gasteiger partial charge in [0.2, 0.25) is 5.95 Å². The molecule has 3 rings (SSSR count). The van der Waals surface area contributed by atoms with Crippen molar-refractivity contribution < 1.29 is 0 Å². The van der Waals surface area contributed by atoms with E-state index in [1.165, 1.54) is 11.1 Å². The summed E-state index contributed by atoms with van der Waals surface area (Å²) in [7, 11) is 3.84. The second kappa shape index (κ2) is 5.40. The van der Waals surface area contributed by atoms with Crippen molar-refractivity contribution in [2.45, 2.75) is 13.5 Å². The second-order valence-corrected chi connectivity index (χ2v) is 5.04. The zero-order chi connectivity index (χ0) is 14.8. The molecule has 2 aromatic heterocycles. The van der Waals surface area contributed by atoms with Crippen LogP contribution in [0.3, 0.4) is 0 Å². The van der Waals surface area contributed by atoms with E-state index in [9.17, 15) is 0 Å². The second-order valence-electron chi connectivity index (χ2n) is 5.04. The summed E-state index contributed by atoms with van der Waals surface area (Å²) in [5, 5.41) is 10.9. The highest BCUT2D eigenvalue weighted by atomic mass is 15.2. The maximum absolute atomic E-state index is 4.56. The topological polar surface area (TPSA) is 69.7 Å². The Bertz CT molecular complexity index is 764. The van der Waals surface area contributed by atoms with Crippen molar-refractivity contribution in [3.8, 4) is 0 Å². The molecule has 0 bridgehead atoms. The fraction of sp³-hybridized carbons (Fsp3) is 0.267. The molecule has 21 heavy (non-hydrogen) atoms. The number of nitrogens with zero attached hydrogens (tertiary/aromatic N) is 4. The Morgan fingerprint density at radius 1 is 1.24 bits per heavy atom. The number of anilines is 2. The summed E-state index contributed by atoms with van der Waals surface area (Å²) in [5.74, 6) is 1.44. The lowest BCUT2D eigenvalue weighted by Gasteiger charge is -2.20. The van der Waals surface area contributed by atoms with Crippen LogP contribution in [0.25, 0.3) is 11.0 Å². The zero-order valence-corrected chi connectivity index (χ0v) is 12.4. The average Bonchev–Trinajstić information content (AvgIpc) is 2.96. The van der Waals surface area contributed by atoms with Crippen molar-refractivity contribution in [2.75, 3.05) is 24.3 Å². The molecule has 0 saturated heterocycles. The average molecular weight is 282 g/mol. The summed E-state index contributed by atoms with van der Waals surface area (Å²) in [6, 6.07) is 8.37. The Kier molecular flexibility index (Phi) is 3.43. The first-order valence-electron chi connectivity index (χ1n) is 6.83. The molecule has 0 spiro atoms. The summed E-state index contributed by atoms with van der Waals surface area (Å²) >= 11 is 0. The molecule has 108 valence electrons. The van der Waals surface area contributed by atoms with Gasteiger partial charge in [-0.3, -0.25) is 5.10 Å². The third-order valence-electron chi connectivity index (χ3n) is 3.54. The number of nitrogens with one attached hydrogen (secondary N) is 2. The van der Waals surface area contributed by atoms with Crippen LogP contribution in [0.1, 0.15) is 11.1 Å². The van der Waals surface area contributed by atoms with Crippen LogP contribution in [0.2, 0.25) is 0 Å². The van der Waals surface area contributed by atoms with Crippen LogP contribution in [0.5, 0.6) is 0 Å². The first-order chi connectivity index (χ1) is 10.2. The van der Waals surface area contributed by atoms with Gasteiger partial charge < -0.3 is 10.2 Å². The fourth-order valence-corrected chi connectivity index (χ4v) is 2.34. The molecule has 0 atom stereocenters. The molecule has 6 heteroatoms. The lowest BCUT2D eigenvalue weighted by atomic mass is 10.1. The molecule has 0 aliphatic heterocycles. The molecule has 2 heterocycles. The largest absolute Gasteiger partial charge is 0.357 e. The molecule has 0 amide bonds. The third-order valence-corrected chi connectivity index (χ3v) is 3.54. The monoisotopic (exact) mass is 282 g/mol. The van der Waals surface area contributed by atoms with Gasteiger partial charge in [-0.05, 0) is 18.1 Å². The van der Waals surface area contributed by atoms with Crippen LogP contribution in [0.4, 0.5) is 11.8 Å². The molecular formula is C15H18N6. The molecule has 6 nitrogen and oxygen atoms in total. The quantitative estimate of drug-likeness (QED) is 0.768. The normalized spacial score (nSPS) is 10.8. The van der Waals surface area contributed by atoms with Crippen molar-refractivity contribution in [1.29, 1.82) is 0 Å². The van der Waals surface area contributed by atoms with Gasteiger partial charge in [0.05, 0.1) is 11.6 Å². The Morgan fingerprint density at radius 2 is 2.05 bits per heavy atom. The fourth-order valence-electron chi connectivity index (χ4n) is 2.34. The summed E-state index contributed by atoms with van der Waals surface area (Å²) in [6.45, 7) is 2.91. The van der Waals surface area contributed by atoms with Crippen LogP contribution >= 0.6 is 0 Å². The molecule has 1 aromatic carbocycles. The molecule has 2 N–H and O–H groups in total. The number of hydrogen-bond acceptors (Lipinski definition) is 5. The van der Waals surface area contributed by atoms with Crippen molar-refractivity contribution >= 4 is 22.8 Å². The highest BCUT2D eigenvalue weighted by Gasteiger charge is 2.13. The standard InChI is InChI=1S/C15H18N6/c1-10-6-4-5-7-11(10)9-21(3)14-12-8-17-20-13(12)18-15(16-2)19-14/h4-8H,9H2,1-3H3,(H2,16,17,18,19,20). The summed E-state index contributed by atoms with van der Waals surface area (Å²) in [6.07, 6.45) is 1.76. The van der Waals surface area contributed by atoms with Gasteiger partial charge in [-0.1, -0.05) is 24.3 Å². The van der Waals surface area contributed by atoms with Crippen molar-refractivity contribution in [3.05, 3.63) is 41.6 Å². The molecule has 0 radical (unpaired) electrons. The van der Waals surface area contributed by atoms with Gasteiger partial charge in [-0.2, -0.15) is 15.1 Å². The maximum Gasteiger partial charge on any atom is 0.226 e. The number of aromatic amines is 1. The molecule has 0 fully saturated rings. The van der Waals surface area contributed by atoms with E-state index in [2.05, 4.69) is 61.6 Å². The van der Waals surface area contributed by atoms with Gasteiger partial charge in [0.1, 0.15) is 5.82 Å². The summed E-state index contributed by atoms with van der Waals surface area (Å²) in [4.78, 5) is 11.0. The minimum Gasteiger partial charge on any atom is -0.357 e. The van der Waals surface area contributed by atoms with E-state index in [4.69, 9.17) is 0 Å². The minimum absolute atomic E-state index is 0.582. The van der Waals surface area contributed by atoms with E-state index >= 15 is 0 Å². The van der Waals surface area contributed by atoms with Crippen LogP contribution < -0.4 is 10.2 Å². The van der Waals surface area contributed by atoms with Crippen LogP contribution in [-0.4, -0.2) is 34.3 Å². The third kappa shape index (κ3) is 2.52. The molecule has 3 aromatic rings. The number of aryl methyl sites for hydroxylation is 1. The number of rotatable bonds is 4. The zero-order valence-electron chi connectivity index (χ0n) is 12.4. The van der Waals surface area contributed by atoms with Crippen molar-refractivity contribution in [2.24, 2.45) is 0 Å². The van der Waals surface area contributed by atoms with Gasteiger partial charge in [0, 0.05) is 20.6 Å². The minimum atomic E-state index is 0.582. The Labute approximate surface area is 123 Å². The van der Waals surface area contributed by atoms with E-state index in [-0.39, 0.29) is 0 Å². The van der Waals surface area contributed by atoms with Crippen LogP contribution in [0.15, 0.2) is 30.5 Å². The van der Waals surface area contributed by atoms with Crippen molar-refractivity contribution in [3.63, 3.8) is 0 Å². The predicted octanol–water partition coefficient (Wildman–Crippen LogP) is 2.34. The van der Waals surface area contributed by atoms with Gasteiger partial charge in [0.25, 0.3) is 0 Å². The van der Waals surface area contributed by atoms with Gasteiger partial charge in [-0.15, -0.1) is 0 Å². The Morgan fingerprint density at radius 3 is 2.81 bits per heavy atom. The highest BCUT2D eigenvalue weighted by Crippen LogP contribution is 2.24. The lowest BCUT2D eigenvalue weighted by Crippen LogP contribution is -2.19. The molecule has 0 aliphatic rings. The number of aromatic nitrogens is 4. The number of H-pyrrole nitrogens is 1. The Hall–Kier alpha value is -2.63. The summed E-state index contributed by atoms with van der Waals surface area (Å²) < 4.78 is 0. The number of hydrogen-bond donors (Lipinski definition) is 2. The van der Waals surface area contributed by atoms with E-state index in [0.717, 1.165) is 23.4 Å². The molecule has 0 saturated carbocycles. The molecule has 0 aliphatic carbocycles. The SMILES string of the molecule is CNc1nc(N(C)Cc2ccccc2C)c2cn[nH]c2n1. The smallest absolute Gasteiger partial charge is 0.226 e. The van der Waals surface area contributed by atoms with E-state index in [1.54, 1.807) is 6.20 Å². The summed E-state index contributed by atoms with van der Waals surface area (Å²) in [5.41, 5.74) is 3.29. The van der Waals surface area contributed by atoms with E-state index in [0.29, 0.717) is 5.95 Å². The van der Waals surface area contributed by atoms with E-state index < -0.39 is 0 Å². The van der Waals surface area contributed by atoms with Crippen molar-refractivity contribution in [1.82, 2.24) is 20.2 Å². The van der Waals surface area contributed by atoms with Gasteiger partial charge >= 0.3 is 0 Å². The first-order valence-corrected chi connectivity index (χ1v) is 6.83. The first kappa shape index (κ1) is 13.4. The van der Waals surface area contributed by atoms with Gasteiger partial charge in [-0.25, -0.2) is 0 Å². The van der Waals surface area contributed by atoms with E-state index in [1.807, 2.05) is 14.1 Å². The number of fused-ring (bicyclic) bond motifs is 1. The van der Waals surface area contributed by atoms with Gasteiger partial charge in [0.15, 0.2) is 5.65 Å². The van der Waals surface area contributed by atoms with Crippen LogP contribution in [0, 0.1) is 6.92 Å². The lowest BCUT2D eigenvalue weighted by molar-refractivity contribution is 0.894. The predicted molar refractivity (Wildman–Crippen MR) is 84.5 cm³/mol. The van der Waals surface area contributed by atoms with Crippen LogP contribution in [-0.2, 0) is 6.54 Å². The number of benzene rings is 1. The molecule has 0 unspecified atom stereocenters. The highest BCUT2D eigenvalue weighted by molar-refractivity contribution is 5.87. The Balaban J connectivity index is 1.99.